The summed E-state index contributed by atoms with van der Waals surface area (Å²) in [7, 11) is 2.13. The van der Waals surface area contributed by atoms with Gasteiger partial charge in [0.25, 0.3) is 0 Å². The minimum atomic E-state index is -0.563. The molecule has 3 aliphatic rings. The highest BCUT2D eigenvalue weighted by Gasteiger charge is 2.36. The molecule has 1 unspecified atom stereocenters. The fourth-order valence-corrected chi connectivity index (χ4v) is 7.48. The third kappa shape index (κ3) is 6.17. The molecule has 0 radical (unpaired) electrons. The topological polar surface area (TPSA) is 120 Å². The van der Waals surface area contributed by atoms with E-state index in [0.29, 0.717) is 44.8 Å². The molecule has 3 aliphatic heterocycles. The van der Waals surface area contributed by atoms with Crippen LogP contribution >= 0.6 is 11.6 Å². The number of likely N-dealkylation sites (tertiary alicyclic amines) is 1. The third-order valence-corrected chi connectivity index (χ3v) is 10.1. The van der Waals surface area contributed by atoms with Crippen molar-refractivity contribution in [3.63, 3.8) is 0 Å². The first-order valence-electron chi connectivity index (χ1n) is 16.3. The molecule has 2 fully saturated rings. The third-order valence-electron chi connectivity index (χ3n) is 9.80. The van der Waals surface area contributed by atoms with Crippen LogP contribution in [0.2, 0.25) is 5.02 Å². The number of nitriles is 1. The lowest BCUT2D eigenvalue weighted by Gasteiger charge is -2.43. The first kappa shape index (κ1) is 31.1. The normalized spacial score (nSPS) is 20.7. The van der Waals surface area contributed by atoms with Gasteiger partial charge in [-0.25, -0.2) is 0 Å². The van der Waals surface area contributed by atoms with Gasteiger partial charge in [-0.05, 0) is 57.3 Å². The summed E-state index contributed by atoms with van der Waals surface area (Å²) in [6.45, 7) is 6.25. The van der Waals surface area contributed by atoms with E-state index in [9.17, 15) is 10.1 Å². The van der Waals surface area contributed by atoms with E-state index < -0.39 is 6.04 Å². The molecule has 2 aromatic heterocycles. The number of carbonyl (C=O) groups excluding carboxylic acids is 1. The van der Waals surface area contributed by atoms with Crippen LogP contribution in [0.3, 0.4) is 0 Å². The van der Waals surface area contributed by atoms with Gasteiger partial charge >= 0.3 is 6.01 Å². The number of piperazine rings is 1. The first-order valence-corrected chi connectivity index (χ1v) is 16.7. The van der Waals surface area contributed by atoms with Crippen molar-refractivity contribution in [3.8, 4) is 12.1 Å². The molecule has 7 rings (SSSR count). The largest absolute Gasteiger partial charge is 0.462 e. The van der Waals surface area contributed by atoms with Gasteiger partial charge in [-0.1, -0.05) is 35.9 Å². The summed E-state index contributed by atoms with van der Waals surface area (Å²) in [5, 5.41) is 20.9. The summed E-state index contributed by atoms with van der Waals surface area (Å²) in [6, 6.07) is 14.4. The van der Waals surface area contributed by atoms with Gasteiger partial charge in [0.05, 0.1) is 48.2 Å². The van der Waals surface area contributed by atoms with Crippen LogP contribution in [0.15, 0.2) is 48.8 Å². The Labute approximate surface area is 279 Å². The zero-order valence-corrected chi connectivity index (χ0v) is 27.6. The Morgan fingerprint density at radius 3 is 2.64 bits per heavy atom. The monoisotopic (exact) mass is 654 g/mol. The van der Waals surface area contributed by atoms with Gasteiger partial charge in [-0.15, -0.1) is 0 Å². The number of halogens is 1. The quantitative estimate of drug-likeness (QED) is 0.275. The maximum atomic E-state index is 13.6. The highest BCUT2D eigenvalue weighted by molar-refractivity contribution is 6.36. The van der Waals surface area contributed by atoms with E-state index in [1.807, 2.05) is 12.1 Å². The average Bonchev–Trinajstić information content (AvgIpc) is 3.78. The molecule has 12 nitrogen and oxygen atoms in total. The Kier molecular flexibility index (Phi) is 8.84. The maximum Gasteiger partial charge on any atom is 0.318 e. The van der Waals surface area contributed by atoms with Gasteiger partial charge in [0.15, 0.2) is 0 Å². The van der Waals surface area contributed by atoms with Crippen molar-refractivity contribution in [2.45, 2.75) is 57.3 Å². The number of anilines is 2. The minimum absolute atomic E-state index is 0.0973. The van der Waals surface area contributed by atoms with E-state index in [2.05, 4.69) is 62.3 Å². The van der Waals surface area contributed by atoms with Crippen LogP contribution in [-0.4, -0.2) is 99.1 Å². The Bertz CT molecular complexity index is 1790. The molecule has 13 heteroatoms. The molecule has 0 bridgehead atoms. The molecule has 0 saturated carbocycles. The summed E-state index contributed by atoms with van der Waals surface area (Å²) >= 11 is 6.73. The molecule has 0 N–H and O–H groups in total. The summed E-state index contributed by atoms with van der Waals surface area (Å²) in [5.41, 5.74) is 3.09. The molecule has 0 spiro atoms. The van der Waals surface area contributed by atoms with Gasteiger partial charge in [0.1, 0.15) is 18.5 Å². The van der Waals surface area contributed by atoms with Crippen molar-refractivity contribution >= 4 is 39.8 Å². The van der Waals surface area contributed by atoms with Gasteiger partial charge in [0, 0.05) is 48.9 Å². The Balaban J connectivity index is 1.19. The lowest BCUT2D eigenvalue weighted by molar-refractivity contribution is -0.137. The van der Waals surface area contributed by atoms with Crippen LogP contribution in [0.1, 0.15) is 43.5 Å². The number of amides is 1. The zero-order valence-electron chi connectivity index (χ0n) is 26.8. The first-order chi connectivity index (χ1) is 22.9. The fraction of sp³-hybridized carbons (Fsp3) is 0.471. The fourth-order valence-electron chi connectivity index (χ4n) is 7.20. The number of benzene rings is 2. The molecule has 0 aliphatic carbocycles. The highest BCUT2D eigenvalue weighted by Crippen LogP contribution is 2.37. The van der Waals surface area contributed by atoms with Crippen molar-refractivity contribution in [2.75, 3.05) is 56.2 Å². The molecule has 47 heavy (non-hydrogen) atoms. The molecular formula is C34H39ClN10O2. The highest BCUT2D eigenvalue weighted by atomic mass is 35.5. The standard InChI is InChI=1S/C34H39ClN10O2/c1-23(45-37-14-15-38-45)33(46)44-19-18-43(20-25(44)11-13-36)32-27-12-17-42(30-10-4-7-24-6-3-9-28(35)31(24)30)21-29(27)39-34(40-32)47-22-26-8-5-16-41(26)2/h3-4,6-7,9-10,14-15,23,25-26H,5,8,11-12,16-22H2,1-2H3/t23?,25-,26-/m0/s1. The second-order valence-electron chi connectivity index (χ2n) is 12.6. The maximum absolute atomic E-state index is 13.6. The van der Waals surface area contributed by atoms with Crippen LogP contribution in [0, 0.1) is 11.3 Å². The lowest BCUT2D eigenvalue weighted by Crippen LogP contribution is -2.57. The molecule has 5 heterocycles. The molecule has 244 valence electrons. The Morgan fingerprint density at radius 2 is 1.87 bits per heavy atom. The smallest absolute Gasteiger partial charge is 0.318 e. The number of hydrogen-bond donors (Lipinski definition) is 0. The van der Waals surface area contributed by atoms with Crippen LogP contribution in [0.25, 0.3) is 10.8 Å². The molecule has 1 amide bonds. The van der Waals surface area contributed by atoms with Crippen LogP contribution in [0.5, 0.6) is 6.01 Å². The predicted octanol–water partition coefficient (Wildman–Crippen LogP) is 4.10. The van der Waals surface area contributed by atoms with Gasteiger partial charge in [-0.2, -0.15) is 30.2 Å². The second kappa shape index (κ2) is 13.3. The lowest BCUT2D eigenvalue weighted by atomic mass is 10.0. The van der Waals surface area contributed by atoms with Crippen molar-refractivity contribution in [2.24, 2.45) is 0 Å². The van der Waals surface area contributed by atoms with Crippen molar-refractivity contribution in [3.05, 3.63) is 65.1 Å². The van der Waals surface area contributed by atoms with E-state index in [0.717, 1.165) is 70.9 Å². The van der Waals surface area contributed by atoms with Crippen LogP contribution < -0.4 is 14.5 Å². The van der Waals surface area contributed by atoms with Crippen molar-refractivity contribution in [1.82, 2.24) is 34.8 Å². The predicted molar refractivity (Wildman–Crippen MR) is 180 cm³/mol. The minimum Gasteiger partial charge on any atom is -0.462 e. The number of carbonyl (C=O) groups is 1. The van der Waals surface area contributed by atoms with Gasteiger partial charge in [0.2, 0.25) is 5.91 Å². The summed E-state index contributed by atoms with van der Waals surface area (Å²) in [5.74, 6) is 0.733. The van der Waals surface area contributed by atoms with E-state index in [-0.39, 0.29) is 18.4 Å². The Hall–Kier alpha value is -4.47. The molecule has 3 atom stereocenters. The van der Waals surface area contributed by atoms with Crippen molar-refractivity contribution < 1.29 is 9.53 Å². The van der Waals surface area contributed by atoms with E-state index in [1.165, 1.54) is 4.80 Å². The number of aromatic nitrogens is 5. The van der Waals surface area contributed by atoms with E-state index in [1.54, 1.807) is 24.2 Å². The molecule has 2 saturated heterocycles. The van der Waals surface area contributed by atoms with E-state index in [4.69, 9.17) is 26.3 Å². The summed E-state index contributed by atoms with van der Waals surface area (Å²) < 4.78 is 6.33. The Morgan fingerprint density at radius 1 is 1.06 bits per heavy atom. The number of ether oxygens (including phenoxy) is 1. The number of likely N-dealkylation sites (N-methyl/N-ethyl adjacent to an activating group) is 1. The number of fused-ring (bicyclic) bond motifs is 2. The molecule has 2 aromatic carbocycles. The summed E-state index contributed by atoms with van der Waals surface area (Å²) in [4.78, 5) is 33.7. The second-order valence-corrected chi connectivity index (χ2v) is 13.1. The van der Waals surface area contributed by atoms with Crippen molar-refractivity contribution in [1.29, 1.82) is 5.26 Å². The molecule has 4 aromatic rings. The molecular weight excluding hydrogens is 616 g/mol. The average molecular weight is 655 g/mol. The number of nitrogens with zero attached hydrogens (tertiary/aromatic N) is 10. The number of hydrogen-bond acceptors (Lipinski definition) is 10. The zero-order chi connectivity index (χ0) is 32.5. The SMILES string of the molecule is CC(C(=O)N1CCN(c2nc(OC[C@@H]3CCCN3C)nc3c2CCN(c2cccc4cccc(Cl)c24)C3)C[C@@H]1CC#N)n1nccn1. The van der Waals surface area contributed by atoms with Crippen LogP contribution in [-0.2, 0) is 17.8 Å². The van der Waals surface area contributed by atoms with Gasteiger partial charge in [-0.3, -0.25) is 4.79 Å². The van der Waals surface area contributed by atoms with Crippen LogP contribution in [0.4, 0.5) is 11.5 Å². The van der Waals surface area contributed by atoms with E-state index >= 15 is 0 Å². The number of rotatable bonds is 8. The van der Waals surface area contributed by atoms with Gasteiger partial charge < -0.3 is 24.3 Å². The summed E-state index contributed by atoms with van der Waals surface area (Å²) in [6.07, 6.45) is 6.31.